The molecule has 0 bridgehead atoms. The summed E-state index contributed by atoms with van der Waals surface area (Å²) in [6, 6.07) is 56.1. The molecule has 0 N–H and O–H groups in total. The van der Waals surface area contributed by atoms with Gasteiger partial charge in [-0.25, -0.2) is 4.98 Å². The van der Waals surface area contributed by atoms with Crippen LogP contribution < -0.4 is 0 Å². The summed E-state index contributed by atoms with van der Waals surface area (Å²) in [6.07, 6.45) is 0. The molecule has 0 saturated carbocycles. The number of furan rings is 1. The molecule has 0 fully saturated rings. The van der Waals surface area contributed by atoms with E-state index < -0.39 is 6.85 Å². The first-order chi connectivity index (χ1) is 25.4. The molecule has 0 aliphatic carbocycles. The van der Waals surface area contributed by atoms with Gasteiger partial charge >= 0.3 is 0 Å². The molecule has 0 spiro atoms. The van der Waals surface area contributed by atoms with Crippen LogP contribution >= 0.6 is 0 Å². The Hall–Kier alpha value is -6.45. The first kappa shape index (κ1) is 24.7. The van der Waals surface area contributed by atoms with Crippen molar-refractivity contribution in [2.24, 2.45) is 0 Å². The number of fused-ring (bicyclic) bond motifs is 6. The normalized spacial score (nSPS) is 12.9. The van der Waals surface area contributed by atoms with Crippen molar-refractivity contribution in [3.05, 3.63) is 170 Å². The largest absolute Gasteiger partial charge is 0.456 e. The third-order valence-corrected chi connectivity index (χ3v) is 9.77. The van der Waals surface area contributed by atoms with E-state index >= 15 is 0 Å². The number of rotatable bonds is 4. The Morgan fingerprint density at radius 2 is 1.14 bits per heavy atom. The SMILES string of the molecule is [2H]C([2H])([2H])c1nc2ccccc2n1-c1ccccc1-c1c2ccccc2c(-c2ccc3oc4ccccc4c3c2)c2cc(-c3ccccc3)ccc12. The minimum atomic E-state index is -2.43. The minimum absolute atomic E-state index is 0.0402. The van der Waals surface area contributed by atoms with Crippen LogP contribution in [0.1, 0.15) is 9.94 Å². The predicted molar refractivity (Wildman–Crippen MR) is 204 cm³/mol. The van der Waals surface area contributed by atoms with E-state index in [1.54, 1.807) is 0 Å². The van der Waals surface area contributed by atoms with E-state index in [1.165, 1.54) is 0 Å². The van der Waals surface area contributed by atoms with E-state index in [9.17, 15) is 0 Å². The molecule has 0 unspecified atom stereocenters. The van der Waals surface area contributed by atoms with E-state index in [4.69, 9.17) is 8.53 Å². The molecule has 10 aromatic rings. The van der Waals surface area contributed by atoms with Gasteiger partial charge in [-0.2, -0.15) is 0 Å². The van der Waals surface area contributed by atoms with Crippen LogP contribution in [0.2, 0.25) is 0 Å². The van der Waals surface area contributed by atoms with Crippen molar-refractivity contribution < 1.29 is 8.53 Å². The van der Waals surface area contributed by atoms with E-state index in [0.717, 1.165) is 88.1 Å². The zero-order valence-corrected chi connectivity index (χ0v) is 26.4. The molecule has 0 atom stereocenters. The van der Waals surface area contributed by atoms with Gasteiger partial charge in [-0.05, 0) is 98.7 Å². The maximum absolute atomic E-state index is 8.50. The highest BCUT2D eigenvalue weighted by atomic mass is 16.3. The lowest BCUT2D eigenvalue weighted by atomic mass is 9.84. The second-order valence-electron chi connectivity index (χ2n) is 12.5. The predicted octanol–water partition coefficient (Wildman–Crippen LogP) is 12.5. The number of para-hydroxylation sites is 4. The lowest BCUT2D eigenvalue weighted by Crippen LogP contribution is -2.00. The Morgan fingerprint density at radius 3 is 2.02 bits per heavy atom. The van der Waals surface area contributed by atoms with Crippen molar-refractivity contribution in [3.63, 3.8) is 0 Å². The molecule has 0 aliphatic heterocycles. The summed E-state index contributed by atoms with van der Waals surface area (Å²) in [7, 11) is 0. The number of aromatic nitrogens is 2. The van der Waals surface area contributed by atoms with Gasteiger partial charge in [0.05, 0.1) is 16.7 Å². The molecule has 3 nitrogen and oxygen atoms in total. The second kappa shape index (κ2) is 10.8. The summed E-state index contributed by atoms with van der Waals surface area (Å²) in [6.45, 7) is -2.43. The Balaban J connectivity index is 1.34. The monoisotopic (exact) mass is 629 g/mol. The van der Waals surface area contributed by atoms with Crippen LogP contribution in [0.4, 0.5) is 0 Å². The molecule has 2 aromatic heterocycles. The summed E-state index contributed by atoms with van der Waals surface area (Å²) < 4.78 is 33.6. The molecule has 8 aromatic carbocycles. The van der Waals surface area contributed by atoms with Gasteiger partial charge < -0.3 is 4.42 Å². The van der Waals surface area contributed by atoms with Gasteiger partial charge in [-0.1, -0.05) is 121 Å². The zero-order valence-electron chi connectivity index (χ0n) is 29.4. The average molecular weight is 630 g/mol. The molecular formula is C46H30N2O. The lowest BCUT2D eigenvalue weighted by Gasteiger charge is -2.21. The van der Waals surface area contributed by atoms with Crippen LogP contribution in [-0.2, 0) is 0 Å². The summed E-state index contributed by atoms with van der Waals surface area (Å²) in [4.78, 5) is 4.65. The molecule has 2 heterocycles. The quantitative estimate of drug-likeness (QED) is 0.181. The van der Waals surface area contributed by atoms with Crippen LogP contribution in [0, 0.1) is 6.85 Å². The van der Waals surface area contributed by atoms with Crippen molar-refractivity contribution in [1.82, 2.24) is 9.55 Å². The van der Waals surface area contributed by atoms with Crippen LogP contribution in [0.3, 0.4) is 0 Å². The number of hydrogen-bond acceptors (Lipinski definition) is 2. The van der Waals surface area contributed by atoms with Crippen LogP contribution in [0.25, 0.3) is 93.6 Å². The number of imidazole rings is 1. The van der Waals surface area contributed by atoms with Gasteiger partial charge in [0.15, 0.2) is 0 Å². The topological polar surface area (TPSA) is 31.0 Å². The van der Waals surface area contributed by atoms with Crippen molar-refractivity contribution >= 4 is 54.5 Å². The van der Waals surface area contributed by atoms with Crippen LogP contribution in [-0.4, -0.2) is 9.55 Å². The second-order valence-corrected chi connectivity index (χ2v) is 12.5. The Kier molecular flexibility index (Phi) is 5.44. The fourth-order valence-corrected chi connectivity index (χ4v) is 7.62. The van der Waals surface area contributed by atoms with Gasteiger partial charge in [0, 0.05) is 20.4 Å². The number of aryl methyl sites for hydroxylation is 1. The summed E-state index contributed by atoms with van der Waals surface area (Å²) in [5.74, 6) is 0.0402. The molecule has 0 amide bonds. The fourth-order valence-electron chi connectivity index (χ4n) is 7.62. The zero-order chi connectivity index (χ0) is 35.0. The third kappa shape index (κ3) is 4.26. The molecule has 230 valence electrons. The number of nitrogens with zero attached hydrogens (tertiary/aromatic N) is 2. The first-order valence-corrected chi connectivity index (χ1v) is 16.5. The standard InChI is InChI=1S/C46H30N2O/c1-29-47-40-19-9-11-21-42(40)48(29)41-20-10-7-18-37(41)46-35-17-6-5-16-34(35)45(39-27-31(23-25-36(39)46)30-13-3-2-4-14-30)32-24-26-44-38(28-32)33-15-8-12-22-43(33)49-44/h2-28H,1H3/i1D3. The minimum Gasteiger partial charge on any atom is -0.456 e. The first-order valence-electron chi connectivity index (χ1n) is 18.0. The van der Waals surface area contributed by atoms with Crippen molar-refractivity contribution in [1.29, 1.82) is 0 Å². The number of hydrogen-bond donors (Lipinski definition) is 0. The maximum Gasteiger partial charge on any atom is 0.135 e. The molecule has 0 aliphatic rings. The van der Waals surface area contributed by atoms with Crippen molar-refractivity contribution in [2.75, 3.05) is 0 Å². The third-order valence-electron chi connectivity index (χ3n) is 9.77. The Morgan fingerprint density at radius 1 is 0.490 bits per heavy atom. The molecule has 0 radical (unpaired) electrons. The molecule has 10 rings (SSSR count). The van der Waals surface area contributed by atoms with E-state index in [2.05, 4.69) is 102 Å². The number of benzene rings is 8. The fraction of sp³-hybridized carbons (Fsp3) is 0.0217. The average Bonchev–Trinajstić information content (AvgIpc) is 3.76. The van der Waals surface area contributed by atoms with Gasteiger partial charge in [-0.15, -0.1) is 0 Å². The molecular weight excluding hydrogens is 597 g/mol. The molecule has 49 heavy (non-hydrogen) atoms. The summed E-state index contributed by atoms with van der Waals surface area (Å²) >= 11 is 0. The van der Waals surface area contributed by atoms with Crippen LogP contribution in [0.5, 0.6) is 0 Å². The highest BCUT2D eigenvalue weighted by Gasteiger charge is 2.21. The van der Waals surface area contributed by atoms with Crippen LogP contribution in [0.15, 0.2) is 168 Å². The highest BCUT2D eigenvalue weighted by molar-refractivity contribution is 6.23. The van der Waals surface area contributed by atoms with E-state index in [-0.39, 0.29) is 5.82 Å². The lowest BCUT2D eigenvalue weighted by molar-refractivity contribution is 0.669. The summed E-state index contributed by atoms with van der Waals surface area (Å²) in [5.41, 5.74) is 10.3. The summed E-state index contributed by atoms with van der Waals surface area (Å²) in [5, 5.41) is 6.50. The van der Waals surface area contributed by atoms with Crippen molar-refractivity contribution in [3.8, 4) is 39.1 Å². The smallest absolute Gasteiger partial charge is 0.135 e. The Bertz CT molecular complexity index is 3010. The van der Waals surface area contributed by atoms with E-state index in [0.29, 0.717) is 5.52 Å². The van der Waals surface area contributed by atoms with E-state index in [1.807, 2.05) is 71.3 Å². The van der Waals surface area contributed by atoms with Gasteiger partial charge in [-0.3, -0.25) is 4.57 Å². The van der Waals surface area contributed by atoms with Gasteiger partial charge in [0.2, 0.25) is 0 Å². The van der Waals surface area contributed by atoms with Gasteiger partial charge in [0.1, 0.15) is 17.0 Å². The highest BCUT2D eigenvalue weighted by Crippen LogP contribution is 2.47. The maximum atomic E-state index is 8.50. The molecule has 3 heteroatoms. The van der Waals surface area contributed by atoms with Gasteiger partial charge in [0.25, 0.3) is 0 Å². The Labute approximate surface area is 287 Å². The van der Waals surface area contributed by atoms with Crippen molar-refractivity contribution in [2.45, 2.75) is 6.85 Å². The molecule has 0 saturated heterocycles.